The van der Waals surface area contributed by atoms with E-state index < -0.39 is 32.5 Å². The Hall–Kier alpha value is -3.24. The number of sulfone groups is 1. The molecule has 8 nitrogen and oxygen atoms in total. The number of carbonyl (C=O) groups is 1. The van der Waals surface area contributed by atoms with E-state index in [9.17, 15) is 17.6 Å². The topological polar surface area (TPSA) is 107 Å². The van der Waals surface area contributed by atoms with E-state index in [-0.39, 0.29) is 22.0 Å². The molecular weight excluding hydrogens is 449 g/mol. The van der Waals surface area contributed by atoms with Crippen LogP contribution in [0, 0.1) is 5.82 Å². The molecule has 2 aromatic carbocycles. The summed E-state index contributed by atoms with van der Waals surface area (Å²) < 4.78 is 49.6. The number of halogens is 2. The lowest BCUT2D eigenvalue weighted by molar-refractivity contribution is 0.102. The molecule has 11 heteroatoms. The van der Waals surface area contributed by atoms with Crippen molar-refractivity contribution in [1.29, 1.82) is 0 Å². The minimum absolute atomic E-state index is 0.0480. The van der Waals surface area contributed by atoms with Crippen LogP contribution in [-0.2, 0) is 15.6 Å². The van der Waals surface area contributed by atoms with Gasteiger partial charge in [-0.2, -0.15) is 0 Å². The first-order valence-electron chi connectivity index (χ1n) is 8.77. The summed E-state index contributed by atoms with van der Waals surface area (Å²) in [5.74, 6) is -1.35. The third-order valence-electron chi connectivity index (χ3n) is 4.17. The van der Waals surface area contributed by atoms with E-state index in [0.717, 1.165) is 12.3 Å². The van der Waals surface area contributed by atoms with Crippen molar-refractivity contribution in [3.8, 4) is 11.5 Å². The third-order valence-corrected chi connectivity index (χ3v) is 5.89. The Morgan fingerprint density at radius 1 is 1.16 bits per heavy atom. The first-order valence-corrected chi connectivity index (χ1v) is 10.8. The monoisotopic (exact) mass is 465 g/mol. The van der Waals surface area contributed by atoms with Gasteiger partial charge in [0.2, 0.25) is 15.0 Å². The van der Waals surface area contributed by atoms with Gasteiger partial charge >= 0.3 is 0 Å². The first kappa shape index (κ1) is 22.4. The van der Waals surface area contributed by atoms with Crippen molar-refractivity contribution in [3.63, 3.8) is 0 Å². The highest BCUT2D eigenvalue weighted by Gasteiger charge is 2.24. The average molecular weight is 466 g/mol. The second-order valence-electron chi connectivity index (χ2n) is 6.22. The van der Waals surface area contributed by atoms with Gasteiger partial charge in [0.1, 0.15) is 17.3 Å². The molecule has 0 bridgehead atoms. The van der Waals surface area contributed by atoms with E-state index in [4.69, 9.17) is 21.1 Å². The highest BCUT2D eigenvalue weighted by atomic mass is 35.5. The number of carbonyl (C=O) groups excluding carboxylic acids is 1. The summed E-state index contributed by atoms with van der Waals surface area (Å²) in [6, 6.07) is 10.2. The van der Waals surface area contributed by atoms with Crippen molar-refractivity contribution in [1.82, 2.24) is 9.97 Å². The fraction of sp³-hybridized carbons (Fsp3) is 0.150. The lowest BCUT2D eigenvalue weighted by Gasteiger charge is -2.12. The van der Waals surface area contributed by atoms with Crippen molar-refractivity contribution < 1.29 is 27.1 Å². The molecule has 0 aliphatic heterocycles. The number of amides is 1. The number of hydrogen-bond donors (Lipinski definition) is 1. The molecule has 1 amide bonds. The highest BCUT2D eigenvalue weighted by Crippen LogP contribution is 2.30. The van der Waals surface area contributed by atoms with E-state index in [1.807, 2.05) is 0 Å². The molecule has 31 heavy (non-hydrogen) atoms. The van der Waals surface area contributed by atoms with E-state index >= 15 is 0 Å². The maximum absolute atomic E-state index is 13.9. The van der Waals surface area contributed by atoms with Gasteiger partial charge in [-0.15, -0.1) is 0 Å². The average Bonchev–Trinajstić information content (AvgIpc) is 2.75. The summed E-state index contributed by atoms with van der Waals surface area (Å²) in [5.41, 5.74) is -0.154. The summed E-state index contributed by atoms with van der Waals surface area (Å²) in [6.07, 6.45) is 1.00. The number of rotatable bonds is 7. The summed E-state index contributed by atoms with van der Waals surface area (Å²) in [6.45, 7) is 0. The normalized spacial score (nSPS) is 11.1. The number of anilines is 1. The molecule has 1 heterocycles. The molecule has 162 valence electrons. The predicted molar refractivity (Wildman–Crippen MR) is 112 cm³/mol. The quantitative estimate of drug-likeness (QED) is 0.532. The summed E-state index contributed by atoms with van der Waals surface area (Å²) in [5, 5.41) is 1.74. The van der Waals surface area contributed by atoms with E-state index in [1.165, 1.54) is 38.5 Å². The second-order valence-corrected chi connectivity index (χ2v) is 8.51. The van der Waals surface area contributed by atoms with E-state index in [2.05, 4.69) is 15.3 Å². The van der Waals surface area contributed by atoms with Gasteiger partial charge in [0.25, 0.3) is 5.91 Å². The van der Waals surface area contributed by atoms with Crippen LogP contribution in [0.5, 0.6) is 11.5 Å². The van der Waals surface area contributed by atoms with Gasteiger partial charge in [-0.25, -0.2) is 22.8 Å². The van der Waals surface area contributed by atoms with Gasteiger partial charge in [0.15, 0.2) is 5.69 Å². The number of nitrogens with one attached hydrogen (secondary N) is 1. The molecule has 3 aromatic rings. The molecule has 1 aromatic heterocycles. The lowest BCUT2D eigenvalue weighted by atomic mass is 10.2. The van der Waals surface area contributed by atoms with Crippen LogP contribution in [0.1, 0.15) is 16.1 Å². The van der Waals surface area contributed by atoms with Crippen LogP contribution in [0.15, 0.2) is 53.8 Å². The zero-order valence-electron chi connectivity index (χ0n) is 16.4. The van der Waals surface area contributed by atoms with Crippen LogP contribution >= 0.6 is 11.6 Å². The summed E-state index contributed by atoms with van der Waals surface area (Å²) in [4.78, 5) is 20.3. The SMILES string of the molecule is COc1ccc(OC)c(NC(=O)c2nc(S(=O)(=O)Cc3ccccc3F)ncc2Cl)c1. The van der Waals surface area contributed by atoms with Crippen LogP contribution in [0.4, 0.5) is 10.1 Å². The third kappa shape index (κ3) is 5.09. The zero-order valence-corrected chi connectivity index (χ0v) is 18.0. The van der Waals surface area contributed by atoms with Crippen LogP contribution < -0.4 is 14.8 Å². The molecule has 3 rings (SSSR count). The minimum atomic E-state index is -4.15. The molecular formula is C20H17ClFN3O5S. The number of ether oxygens (including phenoxy) is 2. The van der Waals surface area contributed by atoms with Gasteiger partial charge < -0.3 is 14.8 Å². The highest BCUT2D eigenvalue weighted by molar-refractivity contribution is 7.90. The van der Waals surface area contributed by atoms with Gasteiger partial charge in [-0.1, -0.05) is 29.8 Å². The molecule has 0 saturated carbocycles. The Balaban J connectivity index is 1.92. The van der Waals surface area contributed by atoms with Crippen LogP contribution in [-0.4, -0.2) is 38.5 Å². The lowest BCUT2D eigenvalue weighted by Crippen LogP contribution is -2.18. The Morgan fingerprint density at radius 3 is 2.58 bits per heavy atom. The zero-order chi connectivity index (χ0) is 22.6. The molecule has 1 N–H and O–H groups in total. The van der Waals surface area contributed by atoms with Crippen LogP contribution in [0.3, 0.4) is 0 Å². The molecule has 0 fully saturated rings. The van der Waals surface area contributed by atoms with Crippen molar-refractivity contribution in [3.05, 3.63) is 70.8 Å². The molecule has 0 aliphatic carbocycles. The molecule has 0 unspecified atom stereocenters. The number of aromatic nitrogens is 2. The van der Waals surface area contributed by atoms with Crippen molar-refractivity contribution in [2.75, 3.05) is 19.5 Å². The van der Waals surface area contributed by atoms with Gasteiger partial charge in [0, 0.05) is 11.6 Å². The minimum Gasteiger partial charge on any atom is -0.497 e. The first-order chi connectivity index (χ1) is 14.7. The van der Waals surface area contributed by atoms with Gasteiger partial charge in [-0.05, 0) is 18.2 Å². The van der Waals surface area contributed by atoms with E-state index in [1.54, 1.807) is 12.1 Å². The number of methoxy groups -OCH3 is 2. The van der Waals surface area contributed by atoms with Crippen molar-refractivity contribution in [2.24, 2.45) is 0 Å². The number of benzene rings is 2. The predicted octanol–water partition coefficient (Wildman–Crippen LogP) is 3.51. The smallest absolute Gasteiger partial charge is 0.276 e. The van der Waals surface area contributed by atoms with Crippen molar-refractivity contribution >= 4 is 33.0 Å². The fourth-order valence-electron chi connectivity index (χ4n) is 2.64. The Morgan fingerprint density at radius 2 is 1.90 bits per heavy atom. The Labute approximate surface area is 182 Å². The second kappa shape index (κ2) is 9.27. The van der Waals surface area contributed by atoms with Crippen LogP contribution in [0.2, 0.25) is 5.02 Å². The van der Waals surface area contributed by atoms with Crippen LogP contribution in [0.25, 0.3) is 0 Å². The van der Waals surface area contributed by atoms with E-state index in [0.29, 0.717) is 11.5 Å². The Bertz CT molecular complexity index is 1240. The fourth-order valence-corrected chi connectivity index (χ4v) is 4.03. The standard InChI is InChI=1S/C20H17ClFN3O5S/c1-29-13-7-8-17(30-2)16(9-13)24-19(26)18-14(21)10-23-20(25-18)31(27,28)11-12-5-3-4-6-15(12)22/h3-10H,11H2,1-2H3,(H,24,26). The largest absolute Gasteiger partial charge is 0.497 e. The number of hydrogen-bond acceptors (Lipinski definition) is 7. The summed E-state index contributed by atoms with van der Waals surface area (Å²) >= 11 is 6.03. The molecule has 0 aliphatic rings. The maximum Gasteiger partial charge on any atom is 0.276 e. The van der Waals surface area contributed by atoms with Gasteiger partial charge in [-0.3, -0.25) is 4.79 Å². The number of nitrogens with zero attached hydrogens (tertiary/aromatic N) is 2. The summed E-state index contributed by atoms with van der Waals surface area (Å²) in [7, 11) is -1.27. The van der Waals surface area contributed by atoms with Gasteiger partial charge in [0.05, 0.1) is 36.9 Å². The molecule has 0 saturated heterocycles. The molecule has 0 atom stereocenters. The Kier molecular flexibility index (Phi) is 6.71. The maximum atomic E-state index is 13.9. The van der Waals surface area contributed by atoms with Crippen molar-refractivity contribution in [2.45, 2.75) is 10.9 Å². The molecule has 0 radical (unpaired) electrons. The molecule has 0 spiro atoms.